The molecule has 1 saturated heterocycles. The highest BCUT2D eigenvalue weighted by molar-refractivity contribution is 8.14. The van der Waals surface area contributed by atoms with Gasteiger partial charge in [0.2, 0.25) is 0 Å². The average Bonchev–Trinajstić information content (AvgIpc) is 3.09. The second-order valence-electron chi connectivity index (χ2n) is 5.82. The Hall–Kier alpha value is -2.34. The molecule has 0 radical (unpaired) electrons. The quantitative estimate of drug-likeness (QED) is 0.533. The van der Waals surface area contributed by atoms with Gasteiger partial charge in [-0.05, 0) is 25.5 Å². The fourth-order valence-electron chi connectivity index (χ4n) is 2.30. The maximum atomic E-state index is 11.6. The Kier molecular flexibility index (Phi) is 9.89. The number of alkyl halides is 3. The summed E-state index contributed by atoms with van der Waals surface area (Å²) >= 11 is 1.38. The topological polar surface area (TPSA) is 111 Å². The number of hydrogen-bond donors (Lipinski definition) is 2. The molecule has 0 aromatic carbocycles. The first-order valence-corrected chi connectivity index (χ1v) is 9.49. The second-order valence-corrected chi connectivity index (χ2v) is 7.20. The number of carbonyl (C=O) groups excluding carboxylic acids is 2. The summed E-state index contributed by atoms with van der Waals surface area (Å²) in [6.07, 6.45) is 1.13. The van der Waals surface area contributed by atoms with Crippen molar-refractivity contribution in [2.45, 2.75) is 38.2 Å². The van der Waals surface area contributed by atoms with E-state index in [1.165, 1.54) is 23.5 Å². The molecule has 0 saturated carbocycles. The third kappa shape index (κ3) is 9.13. The third-order valence-electron chi connectivity index (χ3n) is 3.56. The molecule has 1 aromatic rings. The molecule has 1 aliphatic heterocycles. The molecule has 12 heteroatoms. The molecule has 2 heterocycles. The number of aliphatic carboxylic acids is 1. The lowest BCUT2D eigenvalue weighted by atomic mass is 10.1. The molecule has 0 spiro atoms. The van der Waals surface area contributed by atoms with Crippen LogP contribution in [0.3, 0.4) is 0 Å². The SMILES string of the molecule is CCOC(=O)c1cnn(C/C=C2\CNCCC2SC(C)=O)c1.O=C(O)C(F)(F)F. The lowest BCUT2D eigenvalue weighted by molar-refractivity contribution is -0.192. The highest BCUT2D eigenvalue weighted by Gasteiger charge is 2.38. The Balaban J connectivity index is 0.000000516. The maximum Gasteiger partial charge on any atom is 0.490 e. The maximum absolute atomic E-state index is 11.6. The van der Waals surface area contributed by atoms with Crippen molar-refractivity contribution < 1.29 is 37.4 Å². The molecule has 1 aliphatic rings. The number of rotatable bonds is 5. The van der Waals surface area contributed by atoms with Crippen LogP contribution in [-0.4, -0.2) is 63.1 Å². The standard InChI is InChI=1S/C15H21N3O3S.C2HF3O2/c1-3-21-15(20)13-9-17-18(10-13)7-5-12-8-16-6-4-14(12)22-11(2)19;3-2(4,5)1(6)7/h5,9-10,14,16H,3-4,6-8H2,1-2H3;(H,6,7)/b12-5+;. The van der Waals surface area contributed by atoms with Crippen molar-refractivity contribution in [1.82, 2.24) is 15.1 Å². The molecule has 1 fully saturated rings. The summed E-state index contributed by atoms with van der Waals surface area (Å²) in [6.45, 7) is 6.02. The molecule has 2 N–H and O–H groups in total. The van der Waals surface area contributed by atoms with E-state index in [9.17, 15) is 22.8 Å². The van der Waals surface area contributed by atoms with Gasteiger partial charge in [-0.1, -0.05) is 17.8 Å². The molecular weight excluding hydrogens is 415 g/mol. The van der Waals surface area contributed by atoms with E-state index >= 15 is 0 Å². The number of carbonyl (C=O) groups is 3. The van der Waals surface area contributed by atoms with Crippen molar-refractivity contribution in [2.24, 2.45) is 0 Å². The van der Waals surface area contributed by atoms with Crippen molar-refractivity contribution in [3.8, 4) is 0 Å². The van der Waals surface area contributed by atoms with Crippen molar-refractivity contribution in [3.63, 3.8) is 0 Å². The summed E-state index contributed by atoms with van der Waals surface area (Å²) in [7, 11) is 0. The number of hydrogen-bond acceptors (Lipinski definition) is 7. The van der Waals surface area contributed by atoms with Gasteiger partial charge in [-0.25, -0.2) is 9.59 Å². The molecule has 162 valence electrons. The minimum absolute atomic E-state index is 0.140. The lowest BCUT2D eigenvalue weighted by Gasteiger charge is -2.25. The molecule has 0 amide bonds. The summed E-state index contributed by atoms with van der Waals surface area (Å²) in [5.74, 6) is -3.11. The minimum Gasteiger partial charge on any atom is -0.475 e. The minimum atomic E-state index is -5.08. The van der Waals surface area contributed by atoms with Crippen LogP contribution in [-0.2, 0) is 20.9 Å². The first-order chi connectivity index (χ1) is 13.5. The molecule has 29 heavy (non-hydrogen) atoms. The van der Waals surface area contributed by atoms with Crippen molar-refractivity contribution in [2.75, 3.05) is 19.7 Å². The summed E-state index contributed by atoms with van der Waals surface area (Å²) in [6, 6.07) is 0. The third-order valence-corrected chi connectivity index (χ3v) is 4.72. The largest absolute Gasteiger partial charge is 0.490 e. The number of ether oxygens (including phenoxy) is 1. The molecule has 1 unspecified atom stereocenters. The Morgan fingerprint density at radius 2 is 2.10 bits per heavy atom. The number of esters is 1. The van der Waals surface area contributed by atoms with Crippen molar-refractivity contribution in [3.05, 3.63) is 29.6 Å². The first-order valence-electron chi connectivity index (χ1n) is 8.61. The van der Waals surface area contributed by atoms with Gasteiger partial charge in [0.1, 0.15) is 0 Å². The highest BCUT2D eigenvalue weighted by atomic mass is 32.2. The fraction of sp³-hybridized carbons (Fsp3) is 0.529. The predicted octanol–water partition coefficient (Wildman–Crippen LogP) is 2.26. The van der Waals surface area contributed by atoms with Gasteiger partial charge in [-0.3, -0.25) is 9.48 Å². The van der Waals surface area contributed by atoms with Crippen molar-refractivity contribution in [1.29, 1.82) is 0 Å². The Bertz CT molecular complexity index is 749. The summed E-state index contributed by atoms with van der Waals surface area (Å²) < 4.78 is 38.4. The van der Waals surface area contributed by atoms with Crippen LogP contribution in [0.2, 0.25) is 0 Å². The van der Waals surface area contributed by atoms with E-state index in [1.807, 2.05) is 0 Å². The zero-order valence-corrected chi connectivity index (χ0v) is 16.7. The molecule has 8 nitrogen and oxygen atoms in total. The van der Waals surface area contributed by atoms with Crippen LogP contribution in [0.15, 0.2) is 24.0 Å². The van der Waals surface area contributed by atoms with E-state index < -0.39 is 12.1 Å². The zero-order valence-electron chi connectivity index (χ0n) is 15.9. The van der Waals surface area contributed by atoms with E-state index in [1.54, 1.807) is 24.7 Å². The van der Waals surface area contributed by atoms with Crippen LogP contribution in [0, 0.1) is 0 Å². The van der Waals surface area contributed by atoms with Crippen LogP contribution in [0.4, 0.5) is 13.2 Å². The van der Waals surface area contributed by atoms with Crippen LogP contribution in [0.25, 0.3) is 0 Å². The fourth-order valence-corrected chi connectivity index (χ4v) is 3.27. The number of nitrogens with one attached hydrogen (secondary N) is 1. The Morgan fingerprint density at radius 3 is 2.66 bits per heavy atom. The summed E-state index contributed by atoms with van der Waals surface area (Å²) in [5, 5.41) is 15.0. The number of halogens is 3. The number of nitrogens with zero attached hydrogens (tertiary/aromatic N) is 2. The van der Waals surface area contributed by atoms with Gasteiger partial charge in [-0.15, -0.1) is 0 Å². The monoisotopic (exact) mass is 437 g/mol. The van der Waals surface area contributed by atoms with Gasteiger partial charge in [0.05, 0.1) is 24.9 Å². The van der Waals surface area contributed by atoms with Gasteiger partial charge in [-0.2, -0.15) is 18.3 Å². The van der Waals surface area contributed by atoms with Gasteiger partial charge < -0.3 is 15.2 Å². The van der Waals surface area contributed by atoms with Crippen LogP contribution in [0.1, 0.15) is 30.6 Å². The molecule has 0 bridgehead atoms. The van der Waals surface area contributed by atoms with Gasteiger partial charge >= 0.3 is 18.1 Å². The average molecular weight is 437 g/mol. The number of carboxylic acid groups (broad SMARTS) is 1. The predicted molar refractivity (Wildman–Crippen MR) is 99.5 cm³/mol. The van der Waals surface area contributed by atoms with Crippen LogP contribution in [0.5, 0.6) is 0 Å². The second kappa shape index (κ2) is 11.6. The van der Waals surface area contributed by atoms with Gasteiger partial charge in [0.15, 0.2) is 5.12 Å². The lowest BCUT2D eigenvalue weighted by Crippen LogP contribution is -2.32. The molecule has 2 rings (SSSR count). The number of aromatic nitrogens is 2. The number of thioether (sulfide) groups is 1. The molecule has 1 aromatic heterocycles. The summed E-state index contributed by atoms with van der Waals surface area (Å²) in [5.41, 5.74) is 1.66. The number of piperidine rings is 1. The van der Waals surface area contributed by atoms with Crippen LogP contribution >= 0.6 is 11.8 Å². The van der Waals surface area contributed by atoms with E-state index in [-0.39, 0.29) is 16.3 Å². The van der Waals surface area contributed by atoms with E-state index in [2.05, 4.69) is 16.5 Å². The number of carboxylic acids is 1. The molecule has 0 aliphatic carbocycles. The Morgan fingerprint density at radius 1 is 1.45 bits per heavy atom. The van der Waals surface area contributed by atoms with E-state index in [0.717, 1.165) is 19.5 Å². The van der Waals surface area contributed by atoms with Gasteiger partial charge in [0, 0.05) is 24.9 Å². The smallest absolute Gasteiger partial charge is 0.475 e. The molecule has 1 atom stereocenters. The zero-order chi connectivity index (χ0) is 22.0. The van der Waals surface area contributed by atoms with E-state index in [4.69, 9.17) is 14.6 Å². The molecular formula is C17H22F3N3O5S. The van der Waals surface area contributed by atoms with Crippen LogP contribution < -0.4 is 5.32 Å². The van der Waals surface area contributed by atoms with E-state index in [0.29, 0.717) is 18.7 Å². The number of allylic oxidation sites excluding steroid dienone is 1. The highest BCUT2D eigenvalue weighted by Crippen LogP contribution is 2.25. The normalized spacial score (nSPS) is 18.0. The Labute approximate surface area is 169 Å². The van der Waals surface area contributed by atoms with Crippen molar-refractivity contribution >= 4 is 28.8 Å². The van der Waals surface area contributed by atoms with Gasteiger partial charge in [0.25, 0.3) is 0 Å². The summed E-state index contributed by atoms with van der Waals surface area (Å²) in [4.78, 5) is 31.8. The first kappa shape index (κ1) is 24.7.